The Balaban J connectivity index is 1.45. The van der Waals surface area contributed by atoms with Crippen molar-refractivity contribution < 1.29 is 0 Å². The van der Waals surface area contributed by atoms with E-state index >= 15 is 0 Å². The highest BCUT2D eigenvalue weighted by Crippen LogP contribution is 2.36. The van der Waals surface area contributed by atoms with Crippen LogP contribution in [0.3, 0.4) is 0 Å². The molecule has 2 unspecified atom stereocenters. The Labute approximate surface area is 123 Å². The minimum Gasteiger partial charge on any atom is -0.350 e. The summed E-state index contributed by atoms with van der Waals surface area (Å²) in [7, 11) is 2.32. The minimum atomic E-state index is 0.865. The van der Waals surface area contributed by atoms with E-state index in [4.69, 9.17) is 0 Å². The molecule has 3 heterocycles. The van der Waals surface area contributed by atoms with Crippen molar-refractivity contribution in [3.05, 3.63) is 24.0 Å². The second-order valence-corrected chi connectivity index (χ2v) is 6.71. The lowest BCUT2D eigenvalue weighted by atomic mass is 9.91. The average molecular weight is 275 g/mol. The molecule has 2 bridgehead atoms. The number of piperidine rings is 1. The zero-order valence-electron chi connectivity index (χ0n) is 13.0. The van der Waals surface area contributed by atoms with Crippen LogP contribution in [0.2, 0.25) is 0 Å². The number of rotatable bonds is 6. The number of fused-ring (bicyclic) bond motifs is 2. The third-order valence-corrected chi connectivity index (χ3v) is 5.32. The van der Waals surface area contributed by atoms with Crippen LogP contribution in [0.1, 0.15) is 44.7 Å². The van der Waals surface area contributed by atoms with Crippen LogP contribution >= 0.6 is 0 Å². The van der Waals surface area contributed by atoms with Crippen LogP contribution in [0.15, 0.2) is 18.3 Å². The van der Waals surface area contributed by atoms with E-state index in [2.05, 4.69) is 47.1 Å². The first-order valence-corrected chi connectivity index (χ1v) is 8.34. The van der Waals surface area contributed by atoms with Gasteiger partial charge in [-0.1, -0.05) is 6.92 Å². The molecule has 0 aromatic carbocycles. The molecule has 0 radical (unpaired) electrons. The van der Waals surface area contributed by atoms with Crippen LogP contribution in [-0.2, 0) is 13.1 Å². The Hall–Kier alpha value is -0.800. The molecule has 1 aromatic heterocycles. The molecule has 0 saturated carbocycles. The smallest absolute Gasteiger partial charge is 0.0359 e. The zero-order chi connectivity index (χ0) is 13.9. The fraction of sp³-hybridized carbons (Fsp3) is 0.765. The highest BCUT2D eigenvalue weighted by atomic mass is 15.2. The number of aromatic nitrogens is 1. The molecule has 0 aliphatic carbocycles. The quantitative estimate of drug-likeness (QED) is 0.861. The topological polar surface area (TPSA) is 20.2 Å². The van der Waals surface area contributed by atoms with Gasteiger partial charge in [0.25, 0.3) is 0 Å². The van der Waals surface area contributed by atoms with Gasteiger partial charge in [0.1, 0.15) is 0 Å². The average Bonchev–Trinajstić information content (AvgIpc) is 2.93. The second kappa shape index (κ2) is 6.31. The van der Waals surface area contributed by atoms with E-state index < -0.39 is 0 Å². The largest absolute Gasteiger partial charge is 0.350 e. The molecular weight excluding hydrogens is 246 g/mol. The van der Waals surface area contributed by atoms with Crippen LogP contribution in [0.4, 0.5) is 0 Å². The fourth-order valence-corrected chi connectivity index (χ4v) is 4.16. The predicted octanol–water partition coefficient (Wildman–Crippen LogP) is 2.86. The highest BCUT2D eigenvalue weighted by Gasteiger charge is 2.37. The van der Waals surface area contributed by atoms with Gasteiger partial charge in [-0.15, -0.1) is 0 Å². The Morgan fingerprint density at radius 3 is 2.70 bits per heavy atom. The minimum absolute atomic E-state index is 0.865. The molecule has 2 atom stereocenters. The second-order valence-electron chi connectivity index (χ2n) is 6.71. The summed E-state index contributed by atoms with van der Waals surface area (Å²) in [6.07, 6.45) is 9.07. The summed E-state index contributed by atoms with van der Waals surface area (Å²) >= 11 is 0. The first-order chi connectivity index (χ1) is 9.78. The number of nitrogens with one attached hydrogen (secondary N) is 1. The molecule has 2 saturated heterocycles. The lowest BCUT2D eigenvalue weighted by Gasteiger charge is -2.36. The molecule has 3 nitrogen and oxygen atoms in total. The first-order valence-electron chi connectivity index (χ1n) is 8.34. The maximum Gasteiger partial charge on any atom is 0.0359 e. The summed E-state index contributed by atoms with van der Waals surface area (Å²) in [5.41, 5.74) is 1.43. The van der Waals surface area contributed by atoms with Gasteiger partial charge >= 0.3 is 0 Å². The predicted molar refractivity (Wildman–Crippen MR) is 83.7 cm³/mol. The van der Waals surface area contributed by atoms with Crippen LogP contribution in [-0.4, -0.2) is 35.1 Å². The van der Waals surface area contributed by atoms with E-state index in [1.807, 2.05) is 0 Å². The molecule has 0 amide bonds. The third kappa shape index (κ3) is 2.94. The van der Waals surface area contributed by atoms with Crippen molar-refractivity contribution in [1.29, 1.82) is 0 Å². The van der Waals surface area contributed by atoms with Crippen molar-refractivity contribution in [1.82, 2.24) is 14.8 Å². The Bertz CT molecular complexity index is 412. The molecule has 2 fully saturated rings. The van der Waals surface area contributed by atoms with Gasteiger partial charge in [-0.05, 0) is 63.7 Å². The van der Waals surface area contributed by atoms with Gasteiger partial charge in [0.15, 0.2) is 0 Å². The monoisotopic (exact) mass is 275 g/mol. The summed E-state index contributed by atoms with van der Waals surface area (Å²) < 4.78 is 2.38. The normalized spacial score (nSPS) is 30.0. The molecule has 2 aliphatic rings. The van der Waals surface area contributed by atoms with Crippen molar-refractivity contribution in [2.45, 2.75) is 64.2 Å². The SMILES string of the molecule is CCCn1cccc1CNCC1CC2CCC(C1)N2C. The molecule has 2 aliphatic heterocycles. The summed E-state index contributed by atoms with van der Waals surface area (Å²) in [4.78, 5) is 2.63. The number of hydrogen-bond donors (Lipinski definition) is 1. The Morgan fingerprint density at radius 1 is 1.25 bits per heavy atom. The molecular formula is C17H29N3. The van der Waals surface area contributed by atoms with E-state index in [1.54, 1.807) is 0 Å². The van der Waals surface area contributed by atoms with E-state index in [-0.39, 0.29) is 0 Å². The van der Waals surface area contributed by atoms with E-state index in [9.17, 15) is 0 Å². The van der Waals surface area contributed by atoms with E-state index in [0.29, 0.717) is 0 Å². The standard InChI is InChI=1S/C17H29N3/c1-3-8-20-9-4-5-17(20)13-18-12-14-10-15-6-7-16(11-14)19(15)2/h4-5,9,14-16,18H,3,6-8,10-13H2,1-2H3. The molecule has 112 valence electrons. The van der Waals surface area contributed by atoms with E-state index in [0.717, 1.165) is 31.1 Å². The first kappa shape index (κ1) is 14.2. The molecule has 1 N–H and O–H groups in total. The highest BCUT2D eigenvalue weighted by molar-refractivity contribution is 5.07. The van der Waals surface area contributed by atoms with Gasteiger partial charge in [0, 0.05) is 37.1 Å². The lowest BCUT2D eigenvalue weighted by Crippen LogP contribution is -2.42. The van der Waals surface area contributed by atoms with Crippen LogP contribution in [0.25, 0.3) is 0 Å². The Morgan fingerprint density at radius 2 is 2.00 bits per heavy atom. The van der Waals surface area contributed by atoms with Gasteiger partial charge in [0.05, 0.1) is 0 Å². The van der Waals surface area contributed by atoms with Crippen LogP contribution in [0, 0.1) is 5.92 Å². The van der Waals surface area contributed by atoms with E-state index in [1.165, 1.54) is 44.3 Å². The van der Waals surface area contributed by atoms with Crippen molar-refractivity contribution in [3.8, 4) is 0 Å². The molecule has 0 spiro atoms. The van der Waals surface area contributed by atoms with Crippen molar-refractivity contribution in [2.75, 3.05) is 13.6 Å². The van der Waals surface area contributed by atoms with Crippen molar-refractivity contribution in [3.63, 3.8) is 0 Å². The zero-order valence-corrected chi connectivity index (χ0v) is 13.0. The lowest BCUT2D eigenvalue weighted by molar-refractivity contribution is 0.132. The van der Waals surface area contributed by atoms with Gasteiger partial charge in [0.2, 0.25) is 0 Å². The number of aryl methyl sites for hydroxylation is 1. The van der Waals surface area contributed by atoms with Crippen molar-refractivity contribution >= 4 is 0 Å². The van der Waals surface area contributed by atoms with Crippen LogP contribution in [0.5, 0.6) is 0 Å². The number of nitrogens with zero attached hydrogens (tertiary/aromatic N) is 2. The number of hydrogen-bond acceptors (Lipinski definition) is 2. The summed E-state index contributed by atoms with van der Waals surface area (Å²) in [6, 6.07) is 6.15. The van der Waals surface area contributed by atoms with Gasteiger partial charge in [-0.3, -0.25) is 0 Å². The molecule has 20 heavy (non-hydrogen) atoms. The fourth-order valence-electron chi connectivity index (χ4n) is 4.16. The summed E-state index contributed by atoms with van der Waals surface area (Å²) in [5.74, 6) is 0.887. The van der Waals surface area contributed by atoms with Crippen molar-refractivity contribution in [2.24, 2.45) is 5.92 Å². The van der Waals surface area contributed by atoms with Gasteiger partial charge in [-0.25, -0.2) is 0 Å². The van der Waals surface area contributed by atoms with Crippen LogP contribution < -0.4 is 5.32 Å². The molecule has 3 rings (SSSR count). The maximum atomic E-state index is 3.70. The maximum absolute atomic E-state index is 3.70. The van der Waals surface area contributed by atoms with Gasteiger partial charge in [-0.2, -0.15) is 0 Å². The molecule has 1 aromatic rings. The third-order valence-electron chi connectivity index (χ3n) is 5.32. The summed E-state index contributed by atoms with van der Waals surface area (Å²) in [6.45, 7) is 5.60. The van der Waals surface area contributed by atoms with Gasteiger partial charge < -0.3 is 14.8 Å². The summed E-state index contributed by atoms with van der Waals surface area (Å²) in [5, 5.41) is 3.70. The Kier molecular flexibility index (Phi) is 4.47. The molecule has 3 heteroatoms.